The highest BCUT2D eigenvalue weighted by molar-refractivity contribution is 8.04. The highest BCUT2D eigenvalue weighted by Crippen LogP contribution is 2.39. The number of thioether (sulfide) groups is 1. The lowest BCUT2D eigenvalue weighted by molar-refractivity contribution is -0.112. The van der Waals surface area contributed by atoms with Crippen LogP contribution in [0.1, 0.15) is 17.0 Å². The first kappa shape index (κ1) is 15.7. The SMILES string of the molecule is Cc1cc(/C=C2\Sc3ccccc3NC2=O)c(C)n1-c1cccnc1. The van der Waals surface area contributed by atoms with Crippen LogP contribution >= 0.6 is 11.8 Å². The molecule has 0 unspecified atom stereocenters. The molecule has 4 nitrogen and oxygen atoms in total. The van der Waals surface area contributed by atoms with E-state index in [1.165, 1.54) is 11.8 Å². The number of carbonyl (C=O) groups is 1. The lowest BCUT2D eigenvalue weighted by Gasteiger charge is -2.18. The Bertz CT molecular complexity index is 989. The van der Waals surface area contributed by atoms with Crippen molar-refractivity contribution < 1.29 is 4.79 Å². The van der Waals surface area contributed by atoms with Crippen LogP contribution in [0.4, 0.5) is 5.69 Å². The molecular formula is C20H17N3OS. The Hall–Kier alpha value is -2.79. The molecule has 0 saturated heterocycles. The number of aromatic nitrogens is 2. The van der Waals surface area contributed by atoms with E-state index in [-0.39, 0.29) is 5.91 Å². The van der Waals surface area contributed by atoms with Crippen LogP contribution in [0, 0.1) is 13.8 Å². The number of fused-ring (bicyclic) bond motifs is 1. The lowest BCUT2D eigenvalue weighted by atomic mass is 10.2. The first-order chi connectivity index (χ1) is 12.1. The summed E-state index contributed by atoms with van der Waals surface area (Å²) in [4.78, 5) is 18.4. The summed E-state index contributed by atoms with van der Waals surface area (Å²) in [5, 5.41) is 2.96. The van der Waals surface area contributed by atoms with Gasteiger partial charge in [-0.2, -0.15) is 0 Å². The number of pyridine rings is 1. The molecule has 0 saturated carbocycles. The predicted octanol–water partition coefficient (Wildman–Crippen LogP) is 4.57. The standard InChI is InChI=1S/C20H17N3OS/c1-13-10-15(14(2)23(13)16-6-5-9-21-12-16)11-19-20(24)22-17-7-3-4-8-18(17)25-19/h3-12H,1-2H3,(H,22,24)/b19-11-. The zero-order valence-corrected chi connectivity index (χ0v) is 14.8. The van der Waals surface area contributed by atoms with Gasteiger partial charge in [0.25, 0.3) is 5.91 Å². The number of rotatable bonds is 2. The first-order valence-corrected chi connectivity index (χ1v) is 8.84. The van der Waals surface area contributed by atoms with E-state index < -0.39 is 0 Å². The van der Waals surface area contributed by atoms with Gasteiger partial charge in [0.05, 0.1) is 22.5 Å². The third kappa shape index (κ3) is 2.87. The molecule has 1 aliphatic heterocycles. The fourth-order valence-electron chi connectivity index (χ4n) is 3.06. The zero-order valence-electron chi connectivity index (χ0n) is 14.0. The summed E-state index contributed by atoms with van der Waals surface area (Å²) in [6, 6.07) is 13.9. The fourth-order valence-corrected chi connectivity index (χ4v) is 4.00. The summed E-state index contributed by atoms with van der Waals surface area (Å²) in [6.07, 6.45) is 5.57. The minimum atomic E-state index is -0.0603. The maximum atomic E-state index is 12.4. The van der Waals surface area contributed by atoms with E-state index in [1.54, 1.807) is 6.20 Å². The van der Waals surface area contributed by atoms with Gasteiger partial charge in [-0.3, -0.25) is 9.78 Å². The molecule has 3 heterocycles. The Labute approximate surface area is 150 Å². The number of para-hydroxylation sites is 1. The first-order valence-electron chi connectivity index (χ1n) is 8.03. The van der Waals surface area contributed by atoms with Crippen molar-refractivity contribution >= 4 is 29.4 Å². The summed E-state index contributed by atoms with van der Waals surface area (Å²) < 4.78 is 2.15. The van der Waals surface area contributed by atoms with Gasteiger partial charge in [0, 0.05) is 22.5 Å². The molecule has 0 aliphatic carbocycles. The lowest BCUT2D eigenvalue weighted by Crippen LogP contribution is -2.17. The largest absolute Gasteiger partial charge is 0.320 e. The predicted molar refractivity (Wildman–Crippen MR) is 102 cm³/mol. The number of nitrogens with zero attached hydrogens (tertiary/aromatic N) is 2. The second-order valence-electron chi connectivity index (χ2n) is 5.93. The highest BCUT2D eigenvalue weighted by Gasteiger charge is 2.21. The van der Waals surface area contributed by atoms with E-state index in [2.05, 4.69) is 34.8 Å². The van der Waals surface area contributed by atoms with Crippen molar-refractivity contribution in [3.05, 3.63) is 76.7 Å². The number of amides is 1. The Morgan fingerprint density at radius 1 is 1.16 bits per heavy atom. The molecule has 4 rings (SSSR count). The number of benzene rings is 1. The van der Waals surface area contributed by atoms with Gasteiger partial charge >= 0.3 is 0 Å². The molecule has 1 aliphatic rings. The molecule has 1 amide bonds. The molecule has 2 aromatic heterocycles. The van der Waals surface area contributed by atoms with Crippen LogP contribution in [0.3, 0.4) is 0 Å². The van der Waals surface area contributed by atoms with Gasteiger partial charge in [-0.1, -0.05) is 23.9 Å². The van der Waals surface area contributed by atoms with Gasteiger partial charge in [0.2, 0.25) is 0 Å². The van der Waals surface area contributed by atoms with Crippen molar-refractivity contribution in [3.63, 3.8) is 0 Å². The number of anilines is 1. The molecular weight excluding hydrogens is 330 g/mol. The minimum Gasteiger partial charge on any atom is -0.320 e. The number of carbonyl (C=O) groups excluding carboxylic acids is 1. The number of hydrogen-bond acceptors (Lipinski definition) is 3. The smallest absolute Gasteiger partial charge is 0.262 e. The summed E-state index contributed by atoms with van der Waals surface area (Å²) in [7, 11) is 0. The highest BCUT2D eigenvalue weighted by atomic mass is 32.2. The molecule has 5 heteroatoms. The Morgan fingerprint density at radius 3 is 2.80 bits per heavy atom. The van der Waals surface area contributed by atoms with Crippen molar-refractivity contribution in [1.82, 2.24) is 9.55 Å². The van der Waals surface area contributed by atoms with Crippen LogP contribution in [0.25, 0.3) is 11.8 Å². The summed E-state index contributed by atoms with van der Waals surface area (Å²) in [6.45, 7) is 4.12. The number of hydrogen-bond donors (Lipinski definition) is 1. The molecule has 0 radical (unpaired) electrons. The topological polar surface area (TPSA) is 46.9 Å². The summed E-state index contributed by atoms with van der Waals surface area (Å²) >= 11 is 1.51. The number of nitrogens with one attached hydrogen (secondary N) is 1. The summed E-state index contributed by atoms with van der Waals surface area (Å²) in [5.74, 6) is -0.0603. The molecule has 0 atom stereocenters. The molecule has 1 N–H and O–H groups in total. The Kier molecular flexibility index (Phi) is 3.93. The Balaban J connectivity index is 1.74. The monoisotopic (exact) mass is 347 g/mol. The average molecular weight is 347 g/mol. The van der Waals surface area contributed by atoms with E-state index >= 15 is 0 Å². The van der Waals surface area contributed by atoms with Gasteiger partial charge in [0.15, 0.2) is 0 Å². The summed E-state index contributed by atoms with van der Waals surface area (Å²) in [5.41, 5.74) is 5.13. The number of aryl methyl sites for hydroxylation is 1. The van der Waals surface area contributed by atoms with Crippen molar-refractivity contribution in [2.24, 2.45) is 0 Å². The normalized spacial score (nSPS) is 15.1. The van der Waals surface area contributed by atoms with Crippen LogP contribution in [0.5, 0.6) is 0 Å². The molecule has 3 aromatic rings. The quantitative estimate of drug-likeness (QED) is 0.691. The maximum Gasteiger partial charge on any atom is 0.262 e. The third-order valence-corrected chi connectivity index (χ3v) is 5.34. The molecule has 0 bridgehead atoms. The second-order valence-corrected chi connectivity index (χ2v) is 7.02. The molecule has 0 spiro atoms. The van der Waals surface area contributed by atoms with Crippen LogP contribution in [0.15, 0.2) is 64.7 Å². The minimum absolute atomic E-state index is 0.0603. The average Bonchev–Trinajstić information content (AvgIpc) is 2.90. The van der Waals surface area contributed by atoms with Crippen molar-refractivity contribution in [2.75, 3.05) is 5.32 Å². The van der Waals surface area contributed by atoms with Crippen LogP contribution < -0.4 is 5.32 Å². The molecule has 1 aromatic carbocycles. The van der Waals surface area contributed by atoms with E-state index in [4.69, 9.17) is 0 Å². The van der Waals surface area contributed by atoms with Gasteiger partial charge in [-0.15, -0.1) is 0 Å². The van der Waals surface area contributed by atoms with Crippen LogP contribution in [-0.4, -0.2) is 15.5 Å². The van der Waals surface area contributed by atoms with Gasteiger partial charge in [-0.05, 0) is 55.8 Å². The van der Waals surface area contributed by atoms with Gasteiger partial charge in [0.1, 0.15) is 0 Å². The second kappa shape index (κ2) is 6.26. The molecule has 25 heavy (non-hydrogen) atoms. The van der Waals surface area contributed by atoms with Crippen molar-refractivity contribution in [3.8, 4) is 5.69 Å². The molecule has 124 valence electrons. The van der Waals surface area contributed by atoms with Gasteiger partial charge in [-0.25, -0.2) is 0 Å². The van der Waals surface area contributed by atoms with E-state index in [9.17, 15) is 4.79 Å². The van der Waals surface area contributed by atoms with Gasteiger partial charge < -0.3 is 9.88 Å². The Morgan fingerprint density at radius 2 is 2.00 bits per heavy atom. The van der Waals surface area contributed by atoms with E-state index in [0.717, 1.165) is 33.2 Å². The van der Waals surface area contributed by atoms with Crippen LogP contribution in [0.2, 0.25) is 0 Å². The van der Waals surface area contributed by atoms with Crippen molar-refractivity contribution in [1.29, 1.82) is 0 Å². The molecule has 0 fully saturated rings. The van der Waals surface area contributed by atoms with E-state index in [0.29, 0.717) is 4.91 Å². The maximum absolute atomic E-state index is 12.4. The van der Waals surface area contributed by atoms with E-state index in [1.807, 2.05) is 48.7 Å². The fraction of sp³-hybridized carbons (Fsp3) is 0.100. The zero-order chi connectivity index (χ0) is 17.4. The third-order valence-electron chi connectivity index (χ3n) is 4.24. The van der Waals surface area contributed by atoms with Crippen LogP contribution in [-0.2, 0) is 4.79 Å². The van der Waals surface area contributed by atoms with Crippen molar-refractivity contribution in [2.45, 2.75) is 18.7 Å².